The van der Waals surface area contributed by atoms with Crippen molar-refractivity contribution in [1.29, 1.82) is 5.26 Å². The Morgan fingerprint density at radius 1 is 1.25 bits per heavy atom. The fourth-order valence-electron chi connectivity index (χ4n) is 5.47. The van der Waals surface area contributed by atoms with E-state index in [1.165, 1.54) is 18.2 Å². The molecule has 5 rings (SSSR count). The van der Waals surface area contributed by atoms with Gasteiger partial charge in [0, 0.05) is 17.6 Å². The van der Waals surface area contributed by atoms with Crippen molar-refractivity contribution in [2.45, 2.75) is 38.3 Å². The molecule has 0 saturated heterocycles. The molecular weight excluding hydrogens is 407 g/mol. The Balaban J connectivity index is 1.26. The van der Waals surface area contributed by atoms with Crippen LogP contribution in [0.4, 0.5) is 4.39 Å². The van der Waals surface area contributed by atoms with Crippen molar-refractivity contribution in [2.75, 3.05) is 0 Å². The van der Waals surface area contributed by atoms with E-state index in [2.05, 4.69) is 23.3 Å². The second-order valence-electron chi connectivity index (χ2n) is 8.83. The molecule has 0 bridgehead atoms. The van der Waals surface area contributed by atoms with E-state index < -0.39 is 5.82 Å². The molecule has 3 aromatic rings. The number of nitrogens with zero attached hydrogens (tertiary/aromatic N) is 3. The first-order valence-electron chi connectivity index (χ1n) is 11.0. The number of rotatable bonds is 5. The van der Waals surface area contributed by atoms with Gasteiger partial charge in [0.1, 0.15) is 5.82 Å². The standard InChI is InChI=1S/C25H23FN4O2/c1-2-21(29-24(31)15-5-3-14(12-27)4-6-15)23-18-10-17(11-19(18)23)30-13-28-22-8-7-16(26)9-20(22)25(30)32/h3-9,13,17-19,21,23H,2,10-11H2,1H3,(H,29,31). The van der Waals surface area contributed by atoms with Crippen molar-refractivity contribution in [3.8, 4) is 6.07 Å². The van der Waals surface area contributed by atoms with Crippen LogP contribution in [0.1, 0.15) is 48.1 Å². The number of carbonyl (C=O) groups excluding carboxylic acids is 1. The minimum Gasteiger partial charge on any atom is -0.349 e. The number of halogens is 1. The van der Waals surface area contributed by atoms with E-state index >= 15 is 0 Å². The van der Waals surface area contributed by atoms with Gasteiger partial charge in [0.2, 0.25) is 0 Å². The van der Waals surface area contributed by atoms with Crippen LogP contribution in [-0.2, 0) is 0 Å². The summed E-state index contributed by atoms with van der Waals surface area (Å²) in [7, 11) is 0. The molecule has 1 amide bonds. The number of nitriles is 1. The summed E-state index contributed by atoms with van der Waals surface area (Å²) < 4.78 is 15.3. The summed E-state index contributed by atoms with van der Waals surface area (Å²) in [6.45, 7) is 2.07. The third kappa shape index (κ3) is 3.46. The Morgan fingerprint density at radius 3 is 2.62 bits per heavy atom. The first-order valence-corrected chi connectivity index (χ1v) is 11.0. The first-order chi connectivity index (χ1) is 15.5. The van der Waals surface area contributed by atoms with E-state index in [-0.39, 0.29) is 23.6 Å². The van der Waals surface area contributed by atoms with E-state index in [0.29, 0.717) is 39.8 Å². The van der Waals surface area contributed by atoms with Gasteiger partial charge in [0.25, 0.3) is 11.5 Å². The largest absolute Gasteiger partial charge is 0.349 e. The average Bonchev–Trinajstić information content (AvgIpc) is 3.29. The monoisotopic (exact) mass is 430 g/mol. The number of aromatic nitrogens is 2. The summed E-state index contributed by atoms with van der Waals surface area (Å²) in [5, 5.41) is 12.4. The lowest BCUT2D eigenvalue weighted by Crippen LogP contribution is -2.37. The maximum Gasteiger partial charge on any atom is 0.261 e. The summed E-state index contributed by atoms with van der Waals surface area (Å²) in [6, 6.07) is 12.9. The summed E-state index contributed by atoms with van der Waals surface area (Å²) in [4.78, 5) is 29.9. The molecule has 1 aromatic heterocycles. The number of fused-ring (bicyclic) bond motifs is 2. The summed E-state index contributed by atoms with van der Waals surface area (Å²) >= 11 is 0. The highest BCUT2D eigenvalue weighted by Gasteiger charge is 2.59. The van der Waals surface area contributed by atoms with Gasteiger partial charge in [-0.1, -0.05) is 6.92 Å². The second kappa shape index (κ2) is 7.86. The van der Waals surface area contributed by atoms with E-state index in [9.17, 15) is 14.0 Å². The summed E-state index contributed by atoms with van der Waals surface area (Å²) in [6.07, 6.45) is 4.14. The zero-order valence-corrected chi connectivity index (χ0v) is 17.7. The Kier molecular flexibility index (Phi) is 5.01. The van der Waals surface area contributed by atoms with Gasteiger partial charge >= 0.3 is 0 Å². The molecule has 0 aliphatic heterocycles. The van der Waals surface area contributed by atoms with Crippen LogP contribution >= 0.6 is 0 Å². The number of amides is 1. The number of nitrogens with one attached hydrogen (secondary N) is 1. The van der Waals surface area contributed by atoms with E-state index in [0.717, 1.165) is 19.3 Å². The van der Waals surface area contributed by atoms with Crippen LogP contribution in [0.25, 0.3) is 10.9 Å². The number of hydrogen-bond donors (Lipinski definition) is 1. The fourth-order valence-corrected chi connectivity index (χ4v) is 5.47. The van der Waals surface area contributed by atoms with Crippen molar-refractivity contribution in [1.82, 2.24) is 14.9 Å². The second-order valence-corrected chi connectivity index (χ2v) is 8.83. The highest BCUT2D eigenvalue weighted by molar-refractivity contribution is 5.94. The quantitative estimate of drug-likeness (QED) is 0.667. The third-order valence-corrected chi connectivity index (χ3v) is 7.12. The molecule has 0 spiro atoms. The van der Waals surface area contributed by atoms with Gasteiger partial charge in [-0.15, -0.1) is 0 Å². The van der Waals surface area contributed by atoms with Crippen molar-refractivity contribution in [2.24, 2.45) is 17.8 Å². The zero-order chi connectivity index (χ0) is 22.4. The van der Waals surface area contributed by atoms with Gasteiger partial charge in [-0.25, -0.2) is 9.37 Å². The molecule has 32 heavy (non-hydrogen) atoms. The molecule has 1 heterocycles. The molecule has 2 aromatic carbocycles. The summed E-state index contributed by atoms with van der Waals surface area (Å²) in [5.74, 6) is 0.759. The molecular formula is C25H23FN4O2. The molecule has 2 saturated carbocycles. The fraction of sp³-hybridized carbons (Fsp3) is 0.360. The summed E-state index contributed by atoms with van der Waals surface area (Å²) in [5.41, 5.74) is 1.38. The number of carbonyl (C=O) groups is 1. The Labute approximate surface area is 184 Å². The smallest absolute Gasteiger partial charge is 0.261 e. The Bertz CT molecular complexity index is 1280. The van der Waals surface area contributed by atoms with Crippen LogP contribution in [0.5, 0.6) is 0 Å². The minimum atomic E-state index is -0.438. The van der Waals surface area contributed by atoms with Crippen LogP contribution in [0.3, 0.4) is 0 Å². The first kappa shape index (κ1) is 20.4. The van der Waals surface area contributed by atoms with Crippen molar-refractivity contribution >= 4 is 16.8 Å². The lowest BCUT2D eigenvalue weighted by molar-refractivity contribution is 0.0927. The lowest BCUT2D eigenvalue weighted by atomic mass is 9.98. The van der Waals surface area contributed by atoms with Crippen molar-refractivity contribution in [3.63, 3.8) is 0 Å². The highest BCUT2D eigenvalue weighted by Crippen LogP contribution is 2.62. The van der Waals surface area contributed by atoms with Crippen LogP contribution in [-0.4, -0.2) is 21.5 Å². The molecule has 7 heteroatoms. The highest BCUT2D eigenvalue weighted by atomic mass is 19.1. The van der Waals surface area contributed by atoms with Gasteiger partial charge in [-0.05, 0) is 79.5 Å². The van der Waals surface area contributed by atoms with Crippen LogP contribution < -0.4 is 10.9 Å². The number of benzene rings is 2. The van der Waals surface area contributed by atoms with Gasteiger partial charge in [0.15, 0.2) is 0 Å². The molecule has 0 radical (unpaired) electrons. The molecule has 3 unspecified atom stereocenters. The molecule has 2 aliphatic rings. The molecule has 3 atom stereocenters. The van der Waals surface area contributed by atoms with Gasteiger partial charge in [-0.2, -0.15) is 5.26 Å². The molecule has 1 N–H and O–H groups in total. The van der Waals surface area contributed by atoms with Gasteiger partial charge in [0.05, 0.1) is 28.9 Å². The lowest BCUT2D eigenvalue weighted by Gasteiger charge is -2.22. The maximum atomic E-state index is 13.6. The molecule has 2 aliphatic carbocycles. The van der Waals surface area contributed by atoms with Crippen LogP contribution in [0.2, 0.25) is 0 Å². The minimum absolute atomic E-state index is 0.0562. The maximum absolute atomic E-state index is 13.6. The normalized spacial score (nSPS) is 24.5. The predicted octanol–water partition coefficient (Wildman–Crippen LogP) is 3.81. The van der Waals surface area contributed by atoms with E-state index in [1.807, 2.05) is 0 Å². The SMILES string of the molecule is CCC(NC(=O)c1ccc(C#N)cc1)C1C2CC(n3cnc4ccc(F)cc4c3=O)CC21. The molecule has 162 valence electrons. The van der Waals surface area contributed by atoms with Crippen molar-refractivity contribution in [3.05, 3.63) is 76.1 Å². The molecule has 2 fully saturated rings. The van der Waals surface area contributed by atoms with Crippen LogP contribution in [0.15, 0.2) is 53.6 Å². The topological polar surface area (TPSA) is 87.8 Å². The Hall–Kier alpha value is -3.53. The van der Waals surface area contributed by atoms with E-state index in [4.69, 9.17) is 5.26 Å². The number of hydrogen-bond acceptors (Lipinski definition) is 4. The van der Waals surface area contributed by atoms with Crippen molar-refractivity contribution < 1.29 is 9.18 Å². The van der Waals surface area contributed by atoms with E-state index in [1.54, 1.807) is 35.2 Å². The van der Waals surface area contributed by atoms with Gasteiger partial charge < -0.3 is 5.32 Å². The predicted molar refractivity (Wildman–Crippen MR) is 117 cm³/mol. The third-order valence-electron chi connectivity index (χ3n) is 7.12. The molecule has 6 nitrogen and oxygen atoms in total. The Morgan fingerprint density at radius 2 is 1.97 bits per heavy atom. The van der Waals surface area contributed by atoms with Gasteiger partial charge in [-0.3, -0.25) is 14.2 Å². The average molecular weight is 430 g/mol. The zero-order valence-electron chi connectivity index (χ0n) is 17.7. The van der Waals surface area contributed by atoms with Crippen LogP contribution in [0, 0.1) is 34.9 Å².